The number of rotatable bonds is 20. The third-order valence-electron chi connectivity index (χ3n) is 10.5. The minimum atomic E-state index is -1.35. The molecule has 0 saturated carbocycles. The number of aromatic hydroxyl groups is 2. The van der Waals surface area contributed by atoms with E-state index in [1.165, 1.54) is 42.3 Å². The Bertz CT molecular complexity index is 1810. The summed E-state index contributed by atoms with van der Waals surface area (Å²) in [4.78, 5) is 81.8. The van der Waals surface area contributed by atoms with Crippen LogP contribution < -0.4 is 21.3 Å². The maximum Gasteiger partial charge on any atom is 0.329 e. The van der Waals surface area contributed by atoms with Gasteiger partial charge in [-0.05, 0) is 66.5 Å². The van der Waals surface area contributed by atoms with Gasteiger partial charge >= 0.3 is 5.97 Å². The van der Waals surface area contributed by atoms with Gasteiger partial charge in [-0.15, -0.1) is 0 Å². The molecule has 15 heteroatoms. The smallest absolute Gasteiger partial charge is 0.329 e. The zero-order valence-electron chi connectivity index (χ0n) is 36.3. The number of nitrogens with zero attached hydrogens (tertiary/aromatic N) is 1. The molecule has 0 spiro atoms. The number of carbonyl (C=O) groups excluding carboxylic acids is 6. The molecule has 7 N–H and O–H groups in total. The number of cyclic esters (lactones) is 1. The molecule has 2 aromatic rings. The number of esters is 1. The largest absolute Gasteiger partial charge is 0.508 e. The topological polar surface area (TPSA) is 224 Å². The third kappa shape index (κ3) is 17.1. The van der Waals surface area contributed by atoms with E-state index < -0.39 is 84.9 Å². The number of phenols is 2. The number of hydrogen-bond donors (Lipinski definition) is 7. The van der Waals surface area contributed by atoms with E-state index >= 15 is 0 Å². The standard InChI is InChI=1S/C46H65N5O10/c1-7-8-9-10-11-12-13-14-39(55)48-36(25-31-15-20-34(52)21-16-31)38(54)27-41(57)50-42(29(2)3)44(58)47-33-19-24-40(56)49-43(30(4)5)45(59)51(6)37(46(60)61-28-33)26-32-17-22-35(53)23-18-32/h12-13,15-24,29-30,33,36-38,42-43,52-54H,7-11,14,25-28H2,1-6H3,(H,47,58)(H,48,55)(H,49,56)(H,50,57)/b13-12-,24-19+/t33-,36+,37+,38+,42+,43+/m1/s1. The Morgan fingerprint density at radius 3 is 2.13 bits per heavy atom. The van der Waals surface area contributed by atoms with Gasteiger partial charge < -0.3 is 46.2 Å². The first-order valence-electron chi connectivity index (χ1n) is 21.2. The van der Waals surface area contributed by atoms with Gasteiger partial charge in [-0.25, -0.2) is 4.79 Å². The fraction of sp³-hybridized carbons (Fsp3) is 0.522. The molecule has 0 fully saturated rings. The number of unbranched alkanes of at least 4 members (excludes halogenated alkanes) is 4. The summed E-state index contributed by atoms with van der Waals surface area (Å²) < 4.78 is 5.67. The Labute approximate surface area is 359 Å². The molecule has 15 nitrogen and oxygen atoms in total. The summed E-state index contributed by atoms with van der Waals surface area (Å²) in [5, 5.41) is 41.8. The average molecular weight is 848 g/mol. The maximum absolute atomic E-state index is 13.8. The summed E-state index contributed by atoms with van der Waals surface area (Å²) >= 11 is 0. The highest BCUT2D eigenvalue weighted by Crippen LogP contribution is 2.18. The molecule has 0 bridgehead atoms. The zero-order valence-corrected chi connectivity index (χ0v) is 36.3. The zero-order chi connectivity index (χ0) is 45.1. The predicted molar refractivity (Wildman–Crippen MR) is 231 cm³/mol. The van der Waals surface area contributed by atoms with Crippen LogP contribution in [0.2, 0.25) is 0 Å². The minimum Gasteiger partial charge on any atom is -0.508 e. The Balaban J connectivity index is 1.75. The normalized spacial score (nSPS) is 19.6. The fourth-order valence-electron chi connectivity index (χ4n) is 6.74. The summed E-state index contributed by atoms with van der Waals surface area (Å²) in [5.74, 6) is -4.26. The number of likely N-dealkylation sites (N-methyl/N-ethyl adjacent to an activating group) is 1. The molecule has 0 aliphatic carbocycles. The van der Waals surface area contributed by atoms with Crippen molar-refractivity contribution in [1.82, 2.24) is 26.2 Å². The molecular formula is C46H65N5O10. The van der Waals surface area contributed by atoms with Crippen LogP contribution in [-0.2, 0) is 46.3 Å². The lowest BCUT2D eigenvalue weighted by Gasteiger charge is -2.32. The van der Waals surface area contributed by atoms with Gasteiger partial charge in [0.05, 0.1) is 24.6 Å². The van der Waals surface area contributed by atoms with Crippen LogP contribution in [0.5, 0.6) is 11.5 Å². The van der Waals surface area contributed by atoms with Gasteiger partial charge in [-0.3, -0.25) is 24.0 Å². The molecule has 1 aliphatic rings. The van der Waals surface area contributed by atoms with Gasteiger partial charge in [0.15, 0.2) is 0 Å². The van der Waals surface area contributed by atoms with E-state index in [4.69, 9.17) is 4.74 Å². The number of ether oxygens (including phenoxy) is 1. The summed E-state index contributed by atoms with van der Waals surface area (Å²) in [6.07, 6.45) is 9.99. The molecule has 0 aromatic heterocycles. The second-order valence-electron chi connectivity index (χ2n) is 16.3. The first-order valence-corrected chi connectivity index (χ1v) is 21.2. The van der Waals surface area contributed by atoms with Crippen molar-refractivity contribution < 1.29 is 48.8 Å². The van der Waals surface area contributed by atoms with Crippen LogP contribution in [0.25, 0.3) is 0 Å². The van der Waals surface area contributed by atoms with Gasteiger partial charge in [-0.2, -0.15) is 0 Å². The number of aliphatic hydroxyl groups is 1. The van der Waals surface area contributed by atoms with E-state index in [9.17, 15) is 44.1 Å². The summed E-state index contributed by atoms with van der Waals surface area (Å²) in [6.45, 7) is 8.65. The quantitative estimate of drug-likeness (QED) is 0.0581. The van der Waals surface area contributed by atoms with Gasteiger partial charge in [-0.1, -0.05) is 96.4 Å². The Morgan fingerprint density at radius 1 is 0.885 bits per heavy atom. The highest BCUT2D eigenvalue weighted by atomic mass is 16.5. The SMILES string of the molecule is CCCCCC/C=C\CC(=O)N[C@@H](Cc1ccc(O)cc1)[C@@H](O)CC(=O)N[C@H](C(=O)N[C@@H]1/C=C/C(=O)N[C@@H](C(C)C)C(=O)N(C)[C@@H](Cc2ccc(O)cc2)C(=O)OC1)C(C)C. The summed E-state index contributed by atoms with van der Waals surface area (Å²) in [7, 11) is 1.45. The van der Waals surface area contributed by atoms with Crippen LogP contribution in [0.1, 0.15) is 90.7 Å². The highest BCUT2D eigenvalue weighted by Gasteiger charge is 2.36. The van der Waals surface area contributed by atoms with Crippen molar-refractivity contribution >= 4 is 35.5 Å². The van der Waals surface area contributed by atoms with E-state index in [1.54, 1.807) is 58.0 Å². The number of benzene rings is 2. The lowest BCUT2D eigenvalue weighted by molar-refractivity contribution is -0.156. The van der Waals surface area contributed by atoms with Crippen LogP contribution >= 0.6 is 0 Å². The van der Waals surface area contributed by atoms with Crippen molar-refractivity contribution in [3.8, 4) is 11.5 Å². The van der Waals surface area contributed by atoms with E-state index in [1.807, 2.05) is 6.08 Å². The van der Waals surface area contributed by atoms with E-state index in [2.05, 4.69) is 28.2 Å². The van der Waals surface area contributed by atoms with Gasteiger partial charge in [0.2, 0.25) is 29.5 Å². The Hall–Kier alpha value is -5.70. The molecule has 5 amide bonds. The van der Waals surface area contributed by atoms with Crippen molar-refractivity contribution in [2.45, 2.75) is 129 Å². The molecule has 0 unspecified atom stereocenters. The van der Waals surface area contributed by atoms with Crippen molar-refractivity contribution in [2.75, 3.05) is 13.7 Å². The number of nitrogens with one attached hydrogen (secondary N) is 4. The molecule has 1 heterocycles. The van der Waals surface area contributed by atoms with Gasteiger partial charge in [0.25, 0.3) is 0 Å². The van der Waals surface area contributed by atoms with Crippen LogP contribution in [0.15, 0.2) is 72.8 Å². The van der Waals surface area contributed by atoms with Crippen molar-refractivity contribution in [2.24, 2.45) is 11.8 Å². The Morgan fingerprint density at radius 2 is 1.52 bits per heavy atom. The molecular weight excluding hydrogens is 783 g/mol. The lowest BCUT2D eigenvalue weighted by Crippen LogP contribution is -2.56. The van der Waals surface area contributed by atoms with Crippen LogP contribution in [-0.4, -0.2) is 106 Å². The van der Waals surface area contributed by atoms with Gasteiger partial charge in [0.1, 0.15) is 36.2 Å². The van der Waals surface area contributed by atoms with Crippen LogP contribution in [0, 0.1) is 11.8 Å². The highest BCUT2D eigenvalue weighted by molar-refractivity contribution is 5.95. The number of carbonyl (C=O) groups is 6. The predicted octanol–water partition coefficient (Wildman–Crippen LogP) is 3.74. The average Bonchev–Trinajstić information content (AvgIpc) is 3.21. The molecule has 6 atom stereocenters. The second-order valence-corrected chi connectivity index (χ2v) is 16.3. The third-order valence-corrected chi connectivity index (χ3v) is 10.5. The van der Waals surface area contributed by atoms with Crippen molar-refractivity contribution in [1.29, 1.82) is 0 Å². The number of allylic oxidation sites excluding steroid dienone is 1. The lowest BCUT2D eigenvalue weighted by atomic mass is 9.97. The monoisotopic (exact) mass is 847 g/mol. The van der Waals surface area contributed by atoms with Crippen molar-refractivity contribution in [3.63, 3.8) is 0 Å². The molecule has 61 heavy (non-hydrogen) atoms. The molecule has 3 rings (SSSR count). The maximum atomic E-state index is 13.8. The Kier molecular flexibility index (Phi) is 20.5. The number of aliphatic hydroxyl groups excluding tert-OH is 1. The van der Waals surface area contributed by atoms with Crippen LogP contribution in [0.4, 0.5) is 0 Å². The first kappa shape index (κ1) is 49.7. The summed E-state index contributed by atoms with van der Waals surface area (Å²) in [5.41, 5.74) is 1.34. The second kappa shape index (κ2) is 25.2. The number of hydrogen-bond acceptors (Lipinski definition) is 10. The van der Waals surface area contributed by atoms with Crippen molar-refractivity contribution in [3.05, 3.63) is 84.0 Å². The van der Waals surface area contributed by atoms with E-state index in [0.717, 1.165) is 38.2 Å². The fourth-order valence-corrected chi connectivity index (χ4v) is 6.74. The van der Waals surface area contributed by atoms with Crippen LogP contribution in [0.3, 0.4) is 0 Å². The number of phenolic OH excluding ortho intramolecular Hbond substituents is 2. The molecule has 1 aliphatic heterocycles. The number of amides is 5. The first-order chi connectivity index (χ1) is 29.0. The molecule has 2 aromatic carbocycles. The summed E-state index contributed by atoms with van der Waals surface area (Å²) in [6, 6.07) is 7.30. The molecule has 334 valence electrons. The molecule has 0 saturated heterocycles. The minimum absolute atomic E-state index is 0.0278. The van der Waals surface area contributed by atoms with Gasteiger partial charge in [0, 0.05) is 26.0 Å². The van der Waals surface area contributed by atoms with E-state index in [0.29, 0.717) is 11.1 Å². The molecule has 0 radical (unpaired) electrons. The van der Waals surface area contributed by atoms with E-state index in [-0.39, 0.29) is 42.6 Å².